The van der Waals surface area contributed by atoms with Gasteiger partial charge in [-0.1, -0.05) is 6.07 Å². The number of nitrogens with zero attached hydrogens (tertiary/aromatic N) is 1. The van der Waals surface area contributed by atoms with Gasteiger partial charge >= 0.3 is 0 Å². The molecule has 0 bridgehead atoms. The number of fused-ring (bicyclic) bond motifs is 1. The molecule has 1 aromatic heterocycles. The molecule has 7 heteroatoms. The van der Waals surface area contributed by atoms with E-state index in [1.807, 2.05) is 13.0 Å². The molecule has 0 fully saturated rings. The highest BCUT2D eigenvalue weighted by Gasteiger charge is 2.24. The number of sulfonamides is 1. The second kappa shape index (κ2) is 6.32. The van der Waals surface area contributed by atoms with Crippen LogP contribution in [0.1, 0.15) is 53.7 Å². The number of hydrogen-bond acceptors (Lipinski definition) is 5. The van der Waals surface area contributed by atoms with E-state index in [1.54, 1.807) is 23.5 Å². The minimum absolute atomic E-state index is 0.119. The van der Waals surface area contributed by atoms with Crippen LogP contribution in [-0.2, 0) is 16.4 Å². The Labute approximate surface area is 141 Å². The molecule has 2 atom stereocenters. The van der Waals surface area contributed by atoms with Gasteiger partial charge in [0.15, 0.2) is 0 Å². The second-order valence-corrected chi connectivity index (χ2v) is 8.65. The van der Waals surface area contributed by atoms with E-state index in [0.717, 1.165) is 35.5 Å². The maximum absolute atomic E-state index is 11.6. The number of aromatic nitrogens is 1. The average Bonchev–Trinajstić information content (AvgIpc) is 2.93. The van der Waals surface area contributed by atoms with E-state index in [9.17, 15) is 8.42 Å². The van der Waals surface area contributed by atoms with Crippen molar-refractivity contribution in [3.05, 3.63) is 45.4 Å². The highest BCUT2D eigenvalue weighted by Crippen LogP contribution is 2.33. The first-order valence-electron chi connectivity index (χ1n) is 7.68. The van der Waals surface area contributed by atoms with E-state index in [4.69, 9.17) is 5.14 Å². The van der Waals surface area contributed by atoms with Gasteiger partial charge in [-0.05, 0) is 56.4 Å². The minimum atomic E-state index is -3.68. The molecule has 23 heavy (non-hydrogen) atoms. The Bertz CT molecular complexity index is 814. The van der Waals surface area contributed by atoms with Crippen molar-refractivity contribution < 1.29 is 8.42 Å². The summed E-state index contributed by atoms with van der Waals surface area (Å²) in [5.74, 6) is 0. The van der Waals surface area contributed by atoms with Crippen LogP contribution in [0.25, 0.3) is 0 Å². The Kier molecular flexibility index (Phi) is 4.55. The molecule has 1 heterocycles. The summed E-state index contributed by atoms with van der Waals surface area (Å²) in [6.07, 6.45) is 3.04. The third-order valence-corrected chi connectivity index (χ3v) is 5.99. The van der Waals surface area contributed by atoms with Gasteiger partial charge in [0.2, 0.25) is 10.0 Å². The standard InChI is InChI=1S/C16H21N3O2S2/c1-10(16-9-22-11(2)19-16)18-15-5-3-4-12-6-7-13(8-14(12)15)23(17,20)21/h6-10,15,18H,3-5H2,1-2H3,(H2,17,20,21). The lowest BCUT2D eigenvalue weighted by molar-refractivity contribution is 0.411. The SMILES string of the molecule is Cc1nc(C(C)NC2CCCc3ccc(S(N)(=O)=O)cc32)cs1. The lowest BCUT2D eigenvalue weighted by Crippen LogP contribution is -2.28. The molecular formula is C16H21N3O2S2. The van der Waals surface area contributed by atoms with Crippen LogP contribution in [0.4, 0.5) is 0 Å². The zero-order chi connectivity index (χ0) is 16.6. The summed E-state index contributed by atoms with van der Waals surface area (Å²) >= 11 is 1.64. The molecule has 5 nitrogen and oxygen atoms in total. The van der Waals surface area contributed by atoms with Gasteiger partial charge in [-0.3, -0.25) is 0 Å². The van der Waals surface area contributed by atoms with Crippen LogP contribution in [-0.4, -0.2) is 13.4 Å². The van der Waals surface area contributed by atoms with Crippen LogP contribution in [0, 0.1) is 6.92 Å². The number of nitrogens with two attached hydrogens (primary N) is 1. The van der Waals surface area contributed by atoms with Gasteiger partial charge in [0.25, 0.3) is 0 Å². The zero-order valence-electron chi connectivity index (χ0n) is 13.2. The summed E-state index contributed by atoms with van der Waals surface area (Å²) in [5.41, 5.74) is 3.27. The molecular weight excluding hydrogens is 330 g/mol. The van der Waals surface area contributed by atoms with E-state index in [1.165, 1.54) is 5.56 Å². The van der Waals surface area contributed by atoms with Crippen LogP contribution >= 0.6 is 11.3 Å². The van der Waals surface area contributed by atoms with Gasteiger partial charge in [-0.2, -0.15) is 0 Å². The minimum Gasteiger partial charge on any atom is -0.302 e. The Balaban J connectivity index is 1.88. The number of benzene rings is 1. The topological polar surface area (TPSA) is 85.1 Å². The molecule has 0 saturated heterocycles. The number of aryl methyl sites for hydroxylation is 2. The van der Waals surface area contributed by atoms with Gasteiger partial charge in [-0.25, -0.2) is 18.5 Å². The van der Waals surface area contributed by atoms with E-state index in [0.29, 0.717) is 0 Å². The molecule has 0 spiro atoms. The van der Waals surface area contributed by atoms with E-state index in [-0.39, 0.29) is 17.0 Å². The second-order valence-electron chi connectivity index (χ2n) is 6.03. The van der Waals surface area contributed by atoms with Crippen LogP contribution in [0.15, 0.2) is 28.5 Å². The fourth-order valence-corrected chi connectivity index (χ4v) is 4.35. The predicted molar refractivity (Wildman–Crippen MR) is 91.9 cm³/mol. The normalized spacial score (nSPS) is 19.3. The fourth-order valence-electron chi connectivity index (χ4n) is 3.09. The van der Waals surface area contributed by atoms with Crippen molar-refractivity contribution in [2.45, 2.75) is 50.1 Å². The lowest BCUT2D eigenvalue weighted by atomic mass is 9.87. The van der Waals surface area contributed by atoms with E-state index < -0.39 is 10.0 Å². The summed E-state index contributed by atoms with van der Waals surface area (Å²) in [7, 11) is -3.68. The molecule has 3 N–H and O–H groups in total. The monoisotopic (exact) mass is 351 g/mol. The van der Waals surface area contributed by atoms with Crippen LogP contribution in [0.5, 0.6) is 0 Å². The van der Waals surface area contributed by atoms with Crippen molar-refractivity contribution in [1.82, 2.24) is 10.3 Å². The molecule has 3 rings (SSSR count). The first kappa shape index (κ1) is 16.6. The number of primary sulfonamides is 1. The third kappa shape index (κ3) is 3.63. The van der Waals surface area contributed by atoms with Gasteiger partial charge in [-0.15, -0.1) is 11.3 Å². The summed E-state index contributed by atoms with van der Waals surface area (Å²) < 4.78 is 23.2. The first-order chi connectivity index (χ1) is 10.8. The highest BCUT2D eigenvalue weighted by atomic mass is 32.2. The molecule has 0 aliphatic heterocycles. The fraction of sp³-hybridized carbons (Fsp3) is 0.438. The molecule has 0 radical (unpaired) electrons. The summed E-state index contributed by atoms with van der Waals surface area (Å²) in [6, 6.07) is 5.46. The Morgan fingerprint density at radius 1 is 1.43 bits per heavy atom. The molecule has 1 aliphatic rings. The maximum Gasteiger partial charge on any atom is 0.238 e. The van der Waals surface area contributed by atoms with E-state index in [2.05, 4.69) is 22.6 Å². The number of thiazole rings is 1. The molecule has 2 aromatic rings. The zero-order valence-corrected chi connectivity index (χ0v) is 14.9. The van der Waals surface area contributed by atoms with Crippen molar-refractivity contribution in [1.29, 1.82) is 0 Å². The lowest BCUT2D eigenvalue weighted by Gasteiger charge is -2.29. The smallest absolute Gasteiger partial charge is 0.238 e. The number of nitrogens with one attached hydrogen (secondary N) is 1. The molecule has 124 valence electrons. The highest BCUT2D eigenvalue weighted by molar-refractivity contribution is 7.89. The predicted octanol–water partition coefficient (Wildman–Crippen LogP) is 2.83. The average molecular weight is 351 g/mol. The summed E-state index contributed by atoms with van der Waals surface area (Å²) in [4.78, 5) is 4.71. The molecule has 0 saturated carbocycles. The van der Waals surface area contributed by atoms with Crippen LogP contribution in [0.3, 0.4) is 0 Å². The van der Waals surface area contributed by atoms with E-state index >= 15 is 0 Å². The summed E-state index contributed by atoms with van der Waals surface area (Å²) in [6.45, 7) is 4.08. The Hall–Kier alpha value is -1.28. The first-order valence-corrected chi connectivity index (χ1v) is 10.1. The van der Waals surface area contributed by atoms with Crippen molar-refractivity contribution >= 4 is 21.4 Å². The van der Waals surface area contributed by atoms with Gasteiger partial charge < -0.3 is 5.32 Å². The van der Waals surface area contributed by atoms with Gasteiger partial charge in [0.1, 0.15) is 0 Å². The van der Waals surface area contributed by atoms with Crippen LogP contribution < -0.4 is 10.5 Å². The molecule has 2 unspecified atom stereocenters. The Morgan fingerprint density at radius 3 is 2.87 bits per heavy atom. The van der Waals surface area contributed by atoms with Crippen molar-refractivity contribution in [3.8, 4) is 0 Å². The summed E-state index contributed by atoms with van der Waals surface area (Å²) in [5, 5.41) is 12.0. The number of hydrogen-bond donors (Lipinski definition) is 2. The molecule has 1 aromatic carbocycles. The van der Waals surface area contributed by atoms with Crippen molar-refractivity contribution in [2.24, 2.45) is 5.14 Å². The van der Waals surface area contributed by atoms with Gasteiger partial charge in [0, 0.05) is 17.5 Å². The molecule has 1 aliphatic carbocycles. The maximum atomic E-state index is 11.6. The molecule has 0 amide bonds. The quantitative estimate of drug-likeness (QED) is 0.887. The Morgan fingerprint density at radius 2 is 2.22 bits per heavy atom. The van der Waals surface area contributed by atoms with Crippen molar-refractivity contribution in [3.63, 3.8) is 0 Å². The van der Waals surface area contributed by atoms with Crippen molar-refractivity contribution in [2.75, 3.05) is 0 Å². The third-order valence-electron chi connectivity index (χ3n) is 4.29. The van der Waals surface area contributed by atoms with Gasteiger partial charge in [0.05, 0.1) is 15.6 Å². The van der Waals surface area contributed by atoms with Crippen LogP contribution in [0.2, 0.25) is 0 Å². The largest absolute Gasteiger partial charge is 0.302 e. The number of rotatable bonds is 4.